The van der Waals surface area contributed by atoms with Crippen LogP contribution in [0.2, 0.25) is 0 Å². The van der Waals surface area contributed by atoms with Crippen molar-refractivity contribution in [2.75, 3.05) is 13.2 Å². The van der Waals surface area contributed by atoms with Crippen molar-refractivity contribution in [3.05, 3.63) is 50.4 Å². The molecule has 0 saturated heterocycles. The second-order valence-corrected chi connectivity index (χ2v) is 7.92. The number of aromatic hydroxyl groups is 1. The molecule has 1 unspecified atom stereocenters. The van der Waals surface area contributed by atoms with E-state index in [1.807, 2.05) is 31.2 Å². The number of hydrazone groups is 1. The number of carbonyl (C=O) groups is 1. The van der Waals surface area contributed by atoms with Gasteiger partial charge in [-0.25, -0.2) is 5.43 Å². The second kappa shape index (κ2) is 11.2. The smallest absolute Gasteiger partial charge is 0.277 e. The largest absolute Gasteiger partial charge is 0.503 e. The molecule has 1 atom stereocenters. The third kappa shape index (κ3) is 6.47. The highest BCUT2D eigenvalue weighted by atomic mass is 79.9. The Morgan fingerprint density at radius 3 is 2.52 bits per heavy atom. The van der Waals surface area contributed by atoms with Gasteiger partial charge in [0, 0.05) is 10.0 Å². The van der Waals surface area contributed by atoms with Crippen molar-refractivity contribution < 1.29 is 19.4 Å². The molecule has 6 nitrogen and oxygen atoms in total. The minimum atomic E-state index is -0.383. The minimum absolute atomic E-state index is 0.00680. The molecule has 1 amide bonds. The molecule has 2 aromatic carbocycles. The molecule has 2 rings (SSSR count). The van der Waals surface area contributed by atoms with Gasteiger partial charge < -0.3 is 14.6 Å². The number of hydrogen-bond donors (Lipinski definition) is 2. The number of phenolic OH excluding ortho intramolecular Hbond substituents is 1. The predicted octanol–water partition coefficient (Wildman–Crippen LogP) is 5.36. The number of nitrogens with zero attached hydrogens (tertiary/aromatic N) is 1. The number of amides is 1. The van der Waals surface area contributed by atoms with Crippen LogP contribution in [0.4, 0.5) is 0 Å². The second-order valence-electron chi connectivity index (χ2n) is 6.33. The molecular formula is C21H24Br2N2O4. The number of carbonyl (C=O) groups excluding carboxylic acids is 1. The number of benzene rings is 2. The lowest BCUT2D eigenvalue weighted by Crippen LogP contribution is -2.24. The number of hydrogen-bond acceptors (Lipinski definition) is 5. The molecular weight excluding hydrogens is 504 g/mol. The quantitative estimate of drug-likeness (QED) is 0.340. The maximum atomic E-state index is 12.0. The Morgan fingerprint density at radius 2 is 1.90 bits per heavy atom. The number of rotatable bonds is 9. The fourth-order valence-corrected chi connectivity index (χ4v) is 3.28. The van der Waals surface area contributed by atoms with E-state index in [9.17, 15) is 9.90 Å². The Morgan fingerprint density at radius 1 is 1.21 bits per heavy atom. The van der Waals surface area contributed by atoms with Crippen LogP contribution in [0.5, 0.6) is 17.2 Å². The standard InChI is InChI=1S/C21H24Br2N2O4/c1-4-13(3)14-6-8-16(9-7-14)29-12-18(26)25-24-11-15-10-17(28-5-2)21(27)20(23)19(15)22/h6-11,13,27H,4-5,12H2,1-3H3,(H,25,26)/b24-11+. The average molecular weight is 528 g/mol. The normalized spacial score (nSPS) is 12.0. The van der Waals surface area contributed by atoms with Crippen LogP contribution in [0.3, 0.4) is 0 Å². The zero-order valence-corrected chi connectivity index (χ0v) is 19.7. The third-order valence-electron chi connectivity index (χ3n) is 4.30. The zero-order valence-electron chi connectivity index (χ0n) is 16.5. The number of halogens is 2. The molecule has 0 spiro atoms. The van der Waals surface area contributed by atoms with Gasteiger partial charge in [-0.1, -0.05) is 26.0 Å². The Bertz CT molecular complexity index is 870. The Balaban J connectivity index is 1.93. The van der Waals surface area contributed by atoms with Crippen molar-refractivity contribution in [1.82, 2.24) is 5.43 Å². The van der Waals surface area contributed by atoms with Crippen LogP contribution in [0.25, 0.3) is 0 Å². The van der Waals surface area contributed by atoms with Crippen molar-refractivity contribution in [2.24, 2.45) is 5.10 Å². The molecule has 156 valence electrons. The third-order valence-corrected chi connectivity index (χ3v) is 6.46. The van der Waals surface area contributed by atoms with Gasteiger partial charge in [0.25, 0.3) is 5.91 Å². The van der Waals surface area contributed by atoms with E-state index in [0.717, 1.165) is 6.42 Å². The summed E-state index contributed by atoms with van der Waals surface area (Å²) in [5, 5.41) is 14.0. The fraction of sp³-hybridized carbons (Fsp3) is 0.333. The van der Waals surface area contributed by atoms with E-state index in [-0.39, 0.29) is 18.3 Å². The van der Waals surface area contributed by atoms with Crippen LogP contribution < -0.4 is 14.9 Å². The Hall–Kier alpha value is -2.06. The Kier molecular flexibility index (Phi) is 8.98. The van der Waals surface area contributed by atoms with Crippen molar-refractivity contribution >= 4 is 44.0 Å². The molecule has 29 heavy (non-hydrogen) atoms. The molecule has 8 heteroatoms. The average Bonchev–Trinajstić information content (AvgIpc) is 2.73. The van der Waals surface area contributed by atoms with Gasteiger partial charge in [-0.05, 0) is 74.9 Å². The Labute approximate surface area is 187 Å². The summed E-state index contributed by atoms with van der Waals surface area (Å²) in [4.78, 5) is 12.0. The molecule has 0 bridgehead atoms. The summed E-state index contributed by atoms with van der Waals surface area (Å²) >= 11 is 6.67. The van der Waals surface area contributed by atoms with E-state index >= 15 is 0 Å². The van der Waals surface area contributed by atoms with Gasteiger partial charge in [0.1, 0.15) is 5.75 Å². The van der Waals surface area contributed by atoms with E-state index < -0.39 is 0 Å². The van der Waals surface area contributed by atoms with Crippen LogP contribution in [0.15, 0.2) is 44.4 Å². The van der Waals surface area contributed by atoms with Gasteiger partial charge in [-0.2, -0.15) is 5.10 Å². The van der Waals surface area contributed by atoms with E-state index in [1.165, 1.54) is 11.8 Å². The highest BCUT2D eigenvalue weighted by molar-refractivity contribution is 9.13. The van der Waals surface area contributed by atoms with Crippen molar-refractivity contribution in [3.8, 4) is 17.2 Å². The predicted molar refractivity (Wildman–Crippen MR) is 121 cm³/mol. The summed E-state index contributed by atoms with van der Waals surface area (Å²) in [5.74, 6) is 1.05. The molecule has 0 aliphatic heterocycles. The first-order chi connectivity index (χ1) is 13.9. The van der Waals surface area contributed by atoms with Crippen molar-refractivity contribution in [1.29, 1.82) is 0 Å². The lowest BCUT2D eigenvalue weighted by Gasteiger charge is -2.11. The van der Waals surface area contributed by atoms with E-state index in [4.69, 9.17) is 9.47 Å². The molecule has 0 saturated carbocycles. The summed E-state index contributed by atoms with van der Waals surface area (Å²) in [7, 11) is 0. The first kappa shape index (κ1) is 23.2. The minimum Gasteiger partial charge on any atom is -0.503 e. The molecule has 0 aliphatic rings. The van der Waals surface area contributed by atoms with Crippen molar-refractivity contribution in [3.63, 3.8) is 0 Å². The maximum absolute atomic E-state index is 12.0. The topological polar surface area (TPSA) is 80.2 Å². The van der Waals surface area contributed by atoms with Crippen LogP contribution >= 0.6 is 31.9 Å². The van der Waals surface area contributed by atoms with Gasteiger partial charge in [-0.3, -0.25) is 4.79 Å². The van der Waals surface area contributed by atoms with Crippen LogP contribution in [-0.2, 0) is 4.79 Å². The number of ether oxygens (including phenoxy) is 2. The molecule has 0 radical (unpaired) electrons. The maximum Gasteiger partial charge on any atom is 0.277 e. The highest BCUT2D eigenvalue weighted by Crippen LogP contribution is 2.41. The monoisotopic (exact) mass is 526 g/mol. The van der Waals surface area contributed by atoms with E-state index in [0.29, 0.717) is 38.5 Å². The molecule has 0 heterocycles. The fourth-order valence-electron chi connectivity index (χ4n) is 2.45. The van der Waals surface area contributed by atoms with Gasteiger partial charge in [-0.15, -0.1) is 0 Å². The lowest BCUT2D eigenvalue weighted by atomic mass is 9.99. The van der Waals surface area contributed by atoms with Crippen molar-refractivity contribution in [2.45, 2.75) is 33.1 Å². The first-order valence-corrected chi connectivity index (χ1v) is 10.8. The first-order valence-electron chi connectivity index (χ1n) is 9.25. The van der Waals surface area contributed by atoms with Gasteiger partial charge >= 0.3 is 0 Å². The van der Waals surface area contributed by atoms with Gasteiger partial charge in [0.05, 0.1) is 17.3 Å². The molecule has 2 aromatic rings. The summed E-state index contributed by atoms with van der Waals surface area (Å²) in [6, 6.07) is 9.36. The zero-order chi connectivity index (χ0) is 21.4. The number of nitrogens with one attached hydrogen (secondary N) is 1. The van der Waals surface area contributed by atoms with E-state index in [1.54, 1.807) is 6.07 Å². The summed E-state index contributed by atoms with van der Waals surface area (Å²) in [6.45, 7) is 6.40. The molecule has 0 aromatic heterocycles. The van der Waals surface area contributed by atoms with Crippen LogP contribution in [0.1, 0.15) is 44.2 Å². The van der Waals surface area contributed by atoms with Crippen LogP contribution in [-0.4, -0.2) is 30.4 Å². The van der Waals surface area contributed by atoms with Gasteiger partial charge in [0.15, 0.2) is 18.1 Å². The molecule has 2 N–H and O–H groups in total. The summed E-state index contributed by atoms with van der Waals surface area (Å²) in [6.07, 6.45) is 2.52. The van der Waals surface area contributed by atoms with Crippen LogP contribution in [0, 0.1) is 0 Å². The summed E-state index contributed by atoms with van der Waals surface area (Å²) in [5.41, 5.74) is 4.29. The van der Waals surface area contributed by atoms with E-state index in [2.05, 4.69) is 56.2 Å². The SMILES string of the molecule is CCOc1cc(/C=N/NC(=O)COc2ccc(C(C)CC)cc2)c(Br)c(Br)c1O. The molecule has 0 fully saturated rings. The summed E-state index contributed by atoms with van der Waals surface area (Å²) < 4.78 is 11.9. The highest BCUT2D eigenvalue weighted by Gasteiger charge is 2.14. The molecule has 0 aliphatic carbocycles. The number of phenols is 1. The lowest BCUT2D eigenvalue weighted by molar-refractivity contribution is -0.123. The van der Waals surface area contributed by atoms with Gasteiger partial charge in [0.2, 0.25) is 0 Å².